The Bertz CT molecular complexity index is 1090. The fraction of sp³-hybridized carbons (Fsp3) is 0.200. The van der Waals surface area contributed by atoms with E-state index in [1.807, 2.05) is 36.4 Å². The van der Waals surface area contributed by atoms with E-state index in [-0.39, 0.29) is 5.91 Å². The molecule has 32 heavy (non-hydrogen) atoms. The molecule has 0 saturated carbocycles. The Balaban J connectivity index is 1.82. The number of rotatable bonds is 8. The van der Waals surface area contributed by atoms with Crippen molar-refractivity contribution in [1.29, 1.82) is 0 Å². The first-order chi connectivity index (χ1) is 15.5. The third-order valence-electron chi connectivity index (χ3n) is 5.04. The Hall–Kier alpha value is -4.00. The minimum absolute atomic E-state index is 0.270. The number of ether oxygens (including phenoxy) is 1. The number of anilines is 2. The highest BCUT2D eigenvalue weighted by Crippen LogP contribution is 2.27. The van der Waals surface area contributed by atoms with Gasteiger partial charge in [-0.05, 0) is 48.6 Å². The normalized spacial score (nSPS) is 13.3. The fourth-order valence-electron chi connectivity index (χ4n) is 3.50. The summed E-state index contributed by atoms with van der Waals surface area (Å²) in [5, 5.41) is 0. The Kier molecular flexibility index (Phi) is 7.70. The number of hydrogen-bond acceptors (Lipinski definition) is 6. The Morgan fingerprint density at radius 2 is 2.06 bits per heavy atom. The minimum atomic E-state index is -0.270. The van der Waals surface area contributed by atoms with Gasteiger partial charge in [-0.1, -0.05) is 36.9 Å². The second kappa shape index (κ2) is 10.9. The molecule has 1 amide bonds. The van der Waals surface area contributed by atoms with Crippen LogP contribution in [0.15, 0.2) is 82.3 Å². The smallest absolute Gasteiger partial charge is 0.298 e. The maximum absolute atomic E-state index is 12.9. The molecule has 0 unspecified atom stereocenters. The fourth-order valence-corrected chi connectivity index (χ4v) is 3.50. The molecular weight excluding hydrogens is 404 g/mol. The second-order valence-electron chi connectivity index (χ2n) is 7.19. The summed E-state index contributed by atoms with van der Waals surface area (Å²) < 4.78 is 4.84. The highest BCUT2D eigenvalue weighted by Gasteiger charge is 2.26. The van der Waals surface area contributed by atoms with Gasteiger partial charge in [0.2, 0.25) is 0 Å². The number of carbonyl (C=O) groups excluding carboxylic acids is 2. The molecule has 0 atom stereocenters. The van der Waals surface area contributed by atoms with E-state index in [4.69, 9.17) is 10.5 Å². The lowest BCUT2D eigenvalue weighted by Crippen LogP contribution is -2.40. The maximum atomic E-state index is 12.9. The predicted molar refractivity (Wildman–Crippen MR) is 128 cm³/mol. The average Bonchev–Trinajstić information content (AvgIpc) is 2.80. The standard InChI is InChI=1S/C25H26N4O3/c1-18(10-11-19-12-13-21(32-17-30)15-23(19)26)22-9-6-14-28-25(22)29(24(31)16-27-2)20-7-4-3-5-8-20/h3-5,7-9,12-13,15-17H,1,6,10-11,14,26H2,2H3. The lowest BCUT2D eigenvalue weighted by Gasteiger charge is -2.27. The van der Waals surface area contributed by atoms with Gasteiger partial charge in [0, 0.05) is 30.9 Å². The second-order valence-corrected chi connectivity index (χ2v) is 7.19. The summed E-state index contributed by atoms with van der Waals surface area (Å²) in [7, 11) is 1.56. The molecule has 0 aliphatic carbocycles. The van der Waals surface area contributed by atoms with Gasteiger partial charge in [0.05, 0.1) is 11.9 Å². The molecule has 1 aliphatic heterocycles. The number of hydrogen-bond donors (Lipinski definition) is 1. The number of nitrogen functional groups attached to an aromatic ring is 1. The molecule has 2 aromatic carbocycles. The van der Waals surface area contributed by atoms with E-state index in [2.05, 4.69) is 22.6 Å². The first-order valence-corrected chi connectivity index (χ1v) is 10.3. The van der Waals surface area contributed by atoms with Gasteiger partial charge in [-0.2, -0.15) is 0 Å². The molecule has 2 aromatic rings. The number of benzene rings is 2. The summed E-state index contributed by atoms with van der Waals surface area (Å²) >= 11 is 0. The van der Waals surface area contributed by atoms with Crippen molar-refractivity contribution in [2.45, 2.75) is 19.3 Å². The van der Waals surface area contributed by atoms with Crippen LogP contribution in [-0.4, -0.2) is 38.0 Å². The Labute approximate surface area is 187 Å². The lowest BCUT2D eigenvalue weighted by atomic mass is 9.95. The number of dihydropyridines is 1. The molecule has 0 spiro atoms. The van der Waals surface area contributed by atoms with Gasteiger partial charge in [0.1, 0.15) is 11.6 Å². The number of para-hydroxylation sites is 1. The summed E-state index contributed by atoms with van der Waals surface area (Å²) in [5.41, 5.74) is 10.00. The first-order valence-electron chi connectivity index (χ1n) is 10.3. The summed E-state index contributed by atoms with van der Waals surface area (Å²) in [6.07, 6.45) is 5.40. The van der Waals surface area contributed by atoms with E-state index >= 15 is 0 Å². The summed E-state index contributed by atoms with van der Waals surface area (Å²) in [6.45, 7) is 5.23. The van der Waals surface area contributed by atoms with Crippen molar-refractivity contribution in [1.82, 2.24) is 0 Å². The highest BCUT2D eigenvalue weighted by molar-refractivity contribution is 6.42. The van der Waals surface area contributed by atoms with Crippen molar-refractivity contribution in [3.05, 3.63) is 77.9 Å². The van der Waals surface area contributed by atoms with Crippen LogP contribution in [-0.2, 0) is 16.0 Å². The number of amidine groups is 1. The predicted octanol–water partition coefficient (Wildman–Crippen LogP) is 3.76. The van der Waals surface area contributed by atoms with Crippen LogP contribution in [0.2, 0.25) is 0 Å². The first kappa shape index (κ1) is 22.7. The monoisotopic (exact) mass is 430 g/mol. The van der Waals surface area contributed by atoms with Gasteiger partial charge < -0.3 is 10.5 Å². The van der Waals surface area contributed by atoms with Crippen LogP contribution in [0.25, 0.3) is 0 Å². The van der Waals surface area contributed by atoms with Crippen LogP contribution in [0.4, 0.5) is 11.4 Å². The molecule has 3 rings (SSSR count). The van der Waals surface area contributed by atoms with Crippen molar-refractivity contribution in [3.63, 3.8) is 0 Å². The molecule has 7 nitrogen and oxygen atoms in total. The SMILES string of the molecule is C=C(CCc1ccc(OC=O)cc1N)C1=CCCN=C1N(C(=O)C=NC)c1ccccc1. The molecule has 0 fully saturated rings. The molecule has 0 bridgehead atoms. The number of carbonyl (C=O) groups is 2. The molecule has 1 heterocycles. The molecule has 0 radical (unpaired) electrons. The van der Waals surface area contributed by atoms with Crippen molar-refractivity contribution in [3.8, 4) is 5.75 Å². The van der Waals surface area contributed by atoms with Crippen LogP contribution in [0.1, 0.15) is 18.4 Å². The largest absolute Gasteiger partial charge is 0.429 e. The molecule has 164 valence electrons. The Morgan fingerprint density at radius 1 is 1.28 bits per heavy atom. The number of amides is 1. The van der Waals surface area contributed by atoms with E-state index < -0.39 is 0 Å². The number of aryl methyl sites for hydroxylation is 1. The number of nitrogens with two attached hydrogens (primary N) is 1. The van der Waals surface area contributed by atoms with Crippen molar-refractivity contribution in [2.24, 2.45) is 9.98 Å². The third kappa shape index (κ3) is 5.37. The highest BCUT2D eigenvalue weighted by atomic mass is 16.5. The van der Waals surface area contributed by atoms with E-state index in [0.29, 0.717) is 48.8 Å². The molecule has 1 aliphatic rings. The van der Waals surface area contributed by atoms with Crippen LogP contribution >= 0.6 is 0 Å². The molecule has 7 heteroatoms. The van der Waals surface area contributed by atoms with E-state index in [1.165, 1.54) is 6.21 Å². The zero-order chi connectivity index (χ0) is 22.9. The quantitative estimate of drug-likeness (QED) is 0.392. The molecule has 0 aromatic heterocycles. The zero-order valence-electron chi connectivity index (χ0n) is 18.0. The third-order valence-corrected chi connectivity index (χ3v) is 5.04. The minimum Gasteiger partial charge on any atom is -0.429 e. The van der Waals surface area contributed by atoms with Crippen LogP contribution in [0.5, 0.6) is 5.75 Å². The Morgan fingerprint density at radius 3 is 2.75 bits per heavy atom. The number of aliphatic imine (C=N–C) groups is 2. The molecule has 0 saturated heterocycles. The van der Waals surface area contributed by atoms with E-state index in [0.717, 1.165) is 23.1 Å². The summed E-state index contributed by atoms with van der Waals surface area (Å²) in [6, 6.07) is 14.5. The number of nitrogens with zero attached hydrogens (tertiary/aromatic N) is 3. The van der Waals surface area contributed by atoms with Gasteiger partial charge in [-0.15, -0.1) is 0 Å². The maximum Gasteiger partial charge on any atom is 0.298 e. The van der Waals surface area contributed by atoms with Gasteiger partial charge in [0.15, 0.2) is 0 Å². The van der Waals surface area contributed by atoms with Crippen LogP contribution in [0, 0.1) is 0 Å². The van der Waals surface area contributed by atoms with Gasteiger partial charge in [-0.25, -0.2) is 0 Å². The zero-order valence-corrected chi connectivity index (χ0v) is 18.0. The average molecular weight is 431 g/mol. The van der Waals surface area contributed by atoms with Crippen molar-refractivity contribution < 1.29 is 14.3 Å². The lowest BCUT2D eigenvalue weighted by molar-refractivity contribution is -0.120. The van der Waals surface area contributed by atoms with Gasteiger partial charge in [-0.3, -0.25) is 24.5 Å². The van der Waals surface area contributed by atoms with Gasteiger partial charge in [0.25, 0.3) is 12.4 Å². The van der Waals surface area contributed by atoms with Crippen molar-refractivity contribution in [2.75, 3.05) is 24.2 Å². The van der Waals surface area contributed by atoms with E-state index in [1.54, 1.807) is 24.1 Å². The van der Waals surface area contributed by atoms with Crippen LogP contribution in [0.3, 0.4) is 0 Å². The topological polar surface area (TPSA) is 97.4 Å². The van der Waals surface area contributed by atoms with Crippen LogP contribution < -0.4 is 15.4 Å². The summed E-state index contributed by atoms with van der Waals surface area (Å²) in [4.78, 5) is 33.6. The molecule has 2 N–H and O–H groups in total. The van der Waals surface area contributed by atoms with Crippen molar-refractivity contribution >= 4 is 35.8 Å². The summed E-state index contributed by atoms with van der Waals surface area (Å²) in [5.74, 6) is 0.701. The van der Waals surface area contributed by atoms with Gasteiger partial charge >= 0.3 is 0 Å². The molecular formula is C25H26N4O3. The van der Waals surface area contributed by atoms with E-state index in [9.17, 15) is 9.59 Å².